The third-order valence-electron chi connectivity index (χ3n) is 4.79. The maximum absolute atomic E-state index is 11.2. The van der Waals surface area contributed by atoms with E-state index in [9.17, 15) is 4.79 Å². The van der Waals surface area contributed by atoms with Gasteiger partial charge in [-0.2, -0.15) is 5.10 Å². The molecule has 0 atom stereocenters. The molecule has 0 saturated carbocycles. The number of carboxylic acid groups (broad SMARTS) is 1. The molecule has 1 aromatic carbocycles. The molecule has 0 spiro atoms. The average molecular weight is 343 g/mol. The van der Waals surface area contributed by atoms with Gasteiger partial charge >= 0.3 is 5.97 Å². The molecule has 0 aliphatic rings. The Labute approximate surface area is 150 Å². The molecular weight excluding hydrogens is 314 g/mol. The number of aromatic nitrogens is 2. The summed E-state index contributed by atoms with van der Waals surface area (Å²) in [4.78, 5) is 11.2. The summed E-state index contributed by atoms with van der Waals surface area (Å²) in [5.74, 6) is -0.757. The van der Waals surface area contributed by atoms with Gasteiger partial charge in [0.1, 0.15) is 0 Å². The lowest BCUT2D eigenvalue weighted by Crippen LogP contribution is -2.29. The Morgan fingerprint density at radius 2 is 1.84 bits per heavy atom. The molecule has 0 aliphatic heterocycles. The highest BCUT2D eigenvalue weighted by Gasteiger charge is 2.26. The summed E-state index contributed by atoms with van der Waals surface area (Å²) in [6.45, 7) is 11.9. The van der Waals surface area contributed by atoms with Gasteiger partial charge in [0, 0.05) is 17.8 Å². The van der Waals surface area contributed by atoms with Crippen molar-refractivity contribution in [2.24, 2.45) is 5.41 Å². The van der Waals surface area contributed by atoms with Crippen molar-refractivity contribution in [2.45, 2.75) is 54.1 Å². The third kappa shape index (κ3) is 4.92. The Balaban J connectivity index is 1.97. The van der Waals surface area contributed by atoms with Gasteiger partial charge in [-0.3, -0.25) is 9.48 Å². The number of aryl methyl sites for hydroxylation is 2. The minimum absolute atomic E-state index is 0.595. The number of aliphatic carboxylic acids is 1. The highest BCUT2D eigenvalue weighted by atomic mass is 16.4. The van der Waals surface area contributed by atoms with E-state index in [4.69, 9.17) is 5.11 Å². The molecule has 0 bridgehead atoms. The van der Waals surface area contributed by atoms with Crippen molar-refractivity contribution < 1.29 is 9.90 Å². The standard InChI is InChI=1S/C20H29N3O2/c1-14-6-8-17(9-7-14)13-23-16(3)18(15(2)22-23)12-21-11-10-20(4,5)19(24)25/h6-9,21H,10-13H2,1-5H3,(H,24,25). The van der Waals surface area contributed by atoms with Gasteiger partial charge in [0.15, 0.2) is 0 Å². The van der Waals surface area contributed by atoms with Crippen LogP contribution in [-0.4, -0.2) is 27.4 Å². The molecule has 2 aromatic rings. The molecule has 0 radical (unpaired) electrons. The zero-order valence-electron chi connectivity index (χ0n) is 15.9. The lowest BCUT2D eigenvalue weighted by Gasteiger charge is -2.19. The van der Waals surface area contributed by atoms with Crippen LogP contribution in [0.4, 0.5) is 0 Å². The molecule has 2 N–H and O–H groups in total. The second-order valence-electron chi connectivity index (χ2n) is 7.41. The average Bonchev–Trinajstić information content (AvgIpc) is 2.80. The van der Waals surface area contributed by atoms with Gasteiger partial charge in [-0.1, -0.05) is 29.8 Å². The van der Waals surface area contributed by atoms with Crippen LogP contribution in [0, 0.1) is 26.2 Å². The Hall–Kier alpha value is -2.14. The van der Waals surface area contributed by atoms with Gasteiger partial charge < -0.3 is 10.4 Å². The van der Waals surface area contributed by atoms with Crippen molar-refractivity contribution in [3.8, 4) is 0 Å². The Morgan fingerprint density at radius 3 is 2.44 bits per heavy atom. The van der Waals surface area contributed by atoms with Gasteiger partial charge in [-0.25, -0.2) is 0 Å². The van der Waals surface area contributed by atoms with E-state index in [0.29, 0.717) is 19.5 Å². The highest BCUT2D eigenvalue weighted by molar-refractivity contribution is 5.73. The van der Waals surface area contributed by atoms with Crippen molar-refractivity contribution in [1.82, 2.24) is 15.1 Å². The Kier molecular flexibility index (Phi) is 6.01. The second-order valence-corrected chi connectivity index (χ2v) is 7.41. The van der Waals surface area contributed by atoms with Gasteiger partial charge in [-0.05, 0) is 53.1 Å². The number of carboxylic acids is 1. The van der Waals surface area contributed by atoms with Crippen LogP contribution in [0.5, 0.6) is 0 Å². The maximum Gasteiger partial charge on any atom is 0.309 e. The van der Waals surface area contributed by atoms with Gasteiger partial charge in [0.2, 0.25) is 0 Å². The summed E-state index contributed by atoms with van der Waals surface area (Å²) >= 11 is 0. The molecule has 0 amide bonds. The number of nitrogens with zero attached hydrogens (tertiary/aromatic N) is 2. The summed E-state index contributed by atoms with van der Waals surface area (Å²) in [5, 5.41) is 17.2. The van der Waals surface area contributed by atoms with Gasteiger partial charge in [0.05, 0.1) is 17.7 Å². The van der Waals surface area contributed by atoms with Crippen molar-refractivity contribution >= 4 is 5.97 Å². The van der Waals surface area contributed by atoms with Crippen LogP contribution in [0.3, 0.4) is 0 Å². The van der Waals surface area contributed by atoms with E-state index in [1.54, 1.807) is 13.8 Å². The van der Waals surface area contributed by atoms with E-state index < -0.39 is 11.4 Å². The molecule has 1 aromatic heterocycles. The summed E-state index contributed by atoms with van der Waals surface area (Å²) < 4.78 is 2.04. The first kappa shape index (κ1) is 19.2. The van der Waals surface area contributed by atoms with Crippen LogP contribution >= 0.6 is 0 Å². The maximum atomic E-state index is 11.2. The van der Waals surface area contributed by atoms with Crippen molar-refractivity contribution in [2.75, 3.05) is 6.54 Å². The number of rotatable bonds is 8. The fourth-order valence-electron chi connectivity index (χ4n) is 2.73. The fraction of sp³-hybridized carbons (Fsp3) is 0.500. The summed E-state index contributed by atoms with van der Waals surface area (Å²) in [6, 6.07) is 8.51. The zero-order chi connectivity index (χ0) is 18.6. The normalized spacial score (nSPS) is 11.7. The highest BCUT2D eigenvalue weighted by Crippen LogP contribution is 2.20. The minimum atomic E-state index is -0.757. The van der Waals surface area contributed by atoms with Crippen LogP contribution in [-0.2, 0) is 17.9 Å². The summed E-state index contributed by atoms with van der Waals surface area (Å²) in [6.07, 6.45) is 0.595. The van der Waals surface area contributed by atoms with E-state index in [2.05, 4.69) is 48.5 Å². The molecule has 25 heavy (non-hydrogen) atoms. The Bertz CT molecular complexity index is 730. The second kappa shape index (κ2) is 7.83. The molecule has 0 aliphatic carbocycles. The molecule has 2 rings (SSSR count). The first-order chi connectivity index (χ1) is 11.7. The topological polar surface area (TPSA) is 67.2 Å². The number of hydrogen-bond acceptors (Lipinski definition) is 3. The number of hydrogen-bond donors (Lipinski definition) is 2. The van der Waals surface area contributed by atoms with E-state index in [-0.39, 0.29) is 0 Å². The first-order valence-electron chi connectivity index (χ1n) is 8.73. The summed E-state index contributed by atoms with van der Waals surface area (Å²) in [7, 11) is 0. The number of nitrogens with one attached hydrogen (secondary N) is 1. The van der Waals surface area contributed by atoms with Crippen molar-refractivity contribution in [3.05, 3.63) is 52.3 Å². The van der Waals surface area contributed by atoms with Crippen LogP contribution in [0.15, 0.2) is 24.3 Å². The quantitative estimate of drug-likeness (QED) is 0.721. The number of carbonyl (C=O) groups is 1. The molecule has 136 valence electrons. The SMILES string of the molecule is Cc1ccc(Cn2nc(C)c(CNCCC(C)(C)C(=O)O)c2C)cc1. The van der Waals surface area contributed by atoms with Crippen molar-refractivity contribution in [1.29, 1.82) is 0 Å². The van der Waals surface area contributed by atoms with Crippen LogP contribution in [0.25, 0.3) is 0 Å². The first-order valence-corrected chi connectivity index (χ1v) is 8.73. The molecular formula is C20H29N3O2. The van der Waals surface area contributed by atoms with E-state index in [1.807, 2.05) is 11.6 Å². The minimum Gasteiger partial charge on any atom is -0.481 e. The smallest absolute Gasteiger partial charge is 0.309 e. The summed E-state index contributed by atoms with van der Waals surface area (Å²) in [5.41, 5.74) is 5.16. The van der Waals surface area contributed by atoms with Gasteiger partial charge in [-0.15, -0.1) is 0 Å². The fourth-order valence-corrected chi connectivity index (χ4v) is 2.73. The molecule has 5 nitrogen and oxygen atoms in total. The van der Waals surface area contributed by atoms with E-state index in [1.165, 1.54) is 16.7 Å². The molecule has 5 heteroatoms. The van der Waals surface area contributed by atoms with Gasteiger partial charge in [0.25, 0.3) is 0 Å². The molecule has 0 unspecified atom stereocenters. The Morgan fingerprint density at radius 1 is 1.20 bits per heavy atom. The molecule has 1 heterocycles. The third-order valence-corrected chi connectivity index (χ3v) is 4.79. The van der Waals surface area contributed by atoms with Crippen LogP contribution < -0.4 is 5.32 Å². The predicted molar refractivity (Wildman–Crippen MR) is 99.7 cm³/mol. The molecule has 0 saturated heterocycles. The van der Waals surface area contributed by atoms with Crippen LogP contribution in [0.1, 0.15) is 48.3 Å². The monoisotopic (exact) mass is 343 g/mol. The lowest BCUT2D eigenvalue weighted by molar-refractivity contribution is -0.147. The zero-order valence-corrected chi connectivity index (χ0v) is 15.9. The van der Waals surface area contributed by atoms with Crippen molar-refractivity contribution in [3.63, 3.8) is 0 Å². The predicted octanol–water partition coefficient (Wildman–Crippen LogP) is 3.45. The number of benzene rings is 1. The lowest BCUT2D eigenvalue weighted by atomic mass is 9.90. The van der Waals surface area contributed by atoms with E-state index in [0.717, 1.165) is 17.9 Å². The largest absolute Gasteiger partial charge is 0.481 e. The molecule has 0 fully saturated rings. The van der Waals surface area contributed by atoms with E-state index >= 15 is 0 Å². The van der Waals surface area contributed by atoms with Crippen LogP contribution in [0.2, 0.25) is 0 Å².